The average Bonchev–Trinajstić information content (AvgIpc) is 2.82. The third kappa shape index (κ3) is 6.60. The van der Waals surface area contributed by atoms with Crippen molar-refractivity contribution in [2.45, 2.75) is 6.42 Å². The van der Waals surface area contributed by atoms with Gasteiger partial charge in [-0.15, -0.1) is 0 Å². The molecule has 32 heavy (non-hydrogen) atoms. The van der Waals surface area contributed by atoms with Gasteiger partial charge < -0.3 is 25.0 Å². The molecule has 0 spiro atoms. The summed E-state index contributed by atoms with van der Waals surface area (Å²) in [4.78, 5) is 39.1. The third-order valence-corrected chi connectivity index (χ3v) is 4.87. The summed E-state index contributed by atoms with van der Waals surface area (Å²) in [6, 6.07) is 14.4. The fraction of sp³-hybridized carbons (Fsp3) is 0.292. The Morgan fingerprint density at radius 2 is 1.91 bits per heavy atom. The van der Waals surface area contributed by atoms with E-state index in [2.05, 4.69) is 10.6 Å². The number of hydrogen-bond donors (Lipinski definition) is 2. The Morgan fingerprint density at radius 1 is 1.09 bits per heavy atom. The number of methoxy groups -OCH3 is 1. The third-order valence-electron chi connectivity index (χ3n) is 4.87. The van der Waals surface area contributed by atoms with E-state index in [1.165, 1.54) is 18.1 Å². The first-order chi connectivity index (χ1) is 15.6. The topological polar surface area (TPSA) is 97.0 Å². The molecule has 0 saturated carbocycles. The van der Waals surface area contributed by atoms with Crippen LogP contribution in [0.4, 0.5) is 0 Å². The zero-order valence-corrected chi connectivity index (χ0v) is 18.0. The quantitative estimate of drug-likeness (QED) is 0.715. The van der Waals surface area contributed by atoms with Crippen LogP contribution in [0.3, 0.4) is 0 Å². The Balaban J connectivity index is 1.68. The highest BCUT2D eigenvalue weighted by Gasteiger charge is 2.18. The van der Waals surface area contributed by atoms with Gasteiger partial charge >= 0.3 is 0 Å². The maximum absolute atomic E-state index is 12.7. The predicted octanol–water partition coefficient (Wildman–Crippen LogP) is 1.87. The van der Waals surface area contributed by atoms with Crippen LogP contribution >= 0.6 is 0 Å². The lowest BCUT2D eigenvalue weighted by Crippen LogP contribution is -2.42. The van der Waals surface area contributed by atoms with Crippen molar-refractivity contribution >= 4 is 23.8 Å². The normalized spacial score (nSPS) is 15.7. The number of carbonyl (C=O) groups is 3. The number of hydrogen-bond acceptors (Lipinski definition) is 5. The molecule has 168 valence electrons. The molecule has 0 unspecified atom stereocenters. The molecule has 1 heterocycles. The fourth-order valence-corrected chi connectivity index (χ4v) is 3.19. The second-order valence-electron chi connectivity index (χ2n) is 7.17. The van der Waals surface area contributed by atoms with Crippen molar-refractivity contribution in [2.24, 2.45) is 0 Å². The van der Waals surface area contributed by atoms with Gasteiger partial charge in [0.2, 0.25) is 11.8 Å². The molecular formula is C24H27N3O5. The van der Waals surface area contributed by atoms with Gasteiger partial charge in [0.05, 0.1) is 25.8 Å². The van der Waals surface area contributed by atoms with Crippen molar-refractivity contribution in [3.63, 3.8) is 0 Å². The van der Waals surface area contributed by atoms with Crippen molar-refractivity contribution < 1.29 is 23.9 Å². The summed E-state index contributed by atoms with van der Waals surface area (Å²) >= 11 is 0. The number of carbonyl (C=O) groups excluding carboxylic acids is 3. The number of benzene rings is 2. The van der Waals surface area contributed by atoms with E-state index < -0.39 is 0 Å². The molecule has 1 aliphatic heterocycles. The molecule has 2 N–H and O–H groups in total. The van der Waals surface area contributed by atoms with Gasteiger partial charge in [0.1, 0.15) is 18.1 Å². The van der Waals surface area contributed by atoms with E-state index in [1.54, 1.807) is 24.3 Å². The summed E-state index contributed by atoms with van der Waals surface area (Å²) < 4.78 is 10.9. The molecule has 0 bridgehead atoms. The molecule has 3 amide bonds. The lowest BCUT2D eigenvalue weighted by atomic mass is 10.1. The molecule has 0 radical (unpaired) electrons. The number of ether oxygens (including phenoxy) is 2. The Morgan fingerprint density at radius 3 is 2.69 bits per heavy atom. The van der Waals surface area contributed by atoms with Crippen molar-refractivity contribution in [1.82, 2.24) is 15.5 Å². The van der Waals surface area contributed by atoms with Crippen LogP contribution in [-0.4, -0.2) is 62.5 Å². The van der Waals surface area contributed by atoms with Crippen molar-refractivity contribution in [2.75, 3.05) is 39.9 Å². The number of nitrogens with one attached hydrogen (secondary N) is 2. The molecule has 8 nitrogen and oxygen atoms in total. The van der Waals surface area contributed by atoms with Gasteiger partial charge in [-0.1, -0.05) is 30.3 Å². The smallest absolute Gasteiger partial charge is 0.255 e. The van der Waals surface area contributed by atoms with Gasteiger partial charge in [0.15, 0.2) is 0 Å². The minimum Gasteiger partial charge on any atom is -0.497 e. The lowest BCUT2D eigenvalue weighted by Gasteiger charge is -2.22. The first-order valence-electron chi connectivity index (χ1n) is 10.4. The predicted molar refractivity (Wildman–Crippen MR) is 121 cm³/mol. The largest absolute Gasteiger partial charge is 0.497 e. The monoisotopic (exact) mass is 437 g/mol. The van der Waals surface area contributed by atoms with Crippen LogP contribution in [0.25, 0.3) is 6.08 Å². The number of nitrogens with zero attached hydrogens (tertiary/aromatic N) is 1. The van der Waals surface area contributed by atoms with Crippen LogP contribution in [0.5, 0.6) is 11.5 Å². The SMILES string of the molecule is COc1ccc2c(c1)OCCNC(=O)CN(C(=O)C=Cc1ccccc1)CCCNC2=O. The summed E-state index contributed by atoms with van der Waals surface area (Å²) in [6.07, 6.45) is 3.67. The highest BCUT2D eigenvalue weighted by molar-refractivity contribution is 5.97. The van der Waals surface area contributed by atoms with Crippen LogP contribution in [0.1, 0.15) is 22.3 Å². The van der Waals surface area contributed by atoms with Gasteiger partial charge in [0, 0.05) is 25.2 Å². The number of rotatable bonds is 3. The zero-order valence-electron chi connectivity index (χ0n) is 18.0. The van der Waals surface area contributed by atoms with E-state index in [0.717, 1.165) is 5.56 Å². The molecule has 2 aromatic carbocycles. The molecule has 0 saturated heterocycles. The molecule has 1 aliphatic rings. The van der Waals surface area contributed by atoms with Gasteiger partial charge in [-0.25, -0.2) is 0 Å². The van der Waals surface area contributed by atoms with Gasteiger partial charge in [-0.05, 0) is 30.2 Å². The lowest BCUT2D eigenvalue weighted by molar-refractivity contribution is -0.132. The zero-order chi connectivity index (χ0) is 22.8. The second kappa shape index (κ2) is 11.5. The molecule has 0 aliphatic carbocycles. The van der Waals surface area contributed by atoms with E-state index in [1.807, 2.05) is 30.3 Å². The summed E-state index contributed by atoms with van der Waals surface area (Å²) in [7, 11) is 1.53. The van der Waals surface area contributed by atoms with Gasteiger partial charge in [-0.3, -0.25) is 14.4 Å². The minimum atomic E-state index is -0.276. The van der Waals surface area contributed by atoms with Crippen LogP contribution in [0, 0.1) is 0 Å². The van der Waals surface area contributed by atoms with E-state index in [4.69, 9.17) is 9.47 Å². The van der Waals surface area contributed by atoms with Crippen LogP contribution in [-0.2, 0) is 9.59 Å². The highest BCUT2D eigenvalue weighted by Crippen LogP contribution is 2.25. The first-order valence-corrected chi connectivity index (χ1v) is 10.4. The molecule has 0 fully saturated rings. The maximum atomic E-state index is 12.7. The van der Waals surface area contributed by atoms with E-state index in [-0.39, 0.29) is 37.4 Å². The number of fused-ring (bicyclic) bond motifs is 1. The van der Waals surface area contributed by atoms with Crippen molar-refractivity contribution in [1.29, 1.82) is 0 Å². The van der Waals surface area contributed by atoms with E-state index in [9.17, 15) is 14.4 Å². The molecule has 8 heteroatoms. The van der Waals surface area contributed by atoms with Crippen LogP contribution < -0.4 is 20.1 Å². The number of amides is 3. The summed E-state index contributed by atoms with van der Waals surface area (Å²) in [6.45, 7) is 1.01. The standard InChI is InChI=1S/C24H27N3O5/c1-31-19-9-10-20-21(16-19)32-15-13-25-22(28)17-27(14-5-12-26-24(20)30)23(29)11-8-18-6-3-2-4-7-18/h2-4,6-11,16H,5,12-15,17H2,1H3,(H,25,28)(H,26,30). The van der Waals surface area contributed by atoms with Gasteiger partial charge in [-0.2, -0.15) is 0 Å². The summed E-state index contributed by atoms with van der Waals surface area (Å²) in [5.41, 5.74) is 1.28. The fourth-order valence-electron chi connectivity index (χ4n) is 3.19. The van der Waals surface area contributed by atoms with Crippen LogP contribution in [0.2, 0.25) is 0 Å². The molecule has 0 atom stereocenters. The van der Waals surface area contributed by atoms with Gasteiger partial charge in [0.25, 0.3) is 5.91 Å². The molecule has 2 aromatic rings. The summed E-state index contributed by atoms with van der Waals surface area (Å²) in [5.74, 6) is 0.138. The molecule has 0 aromatic heterocycles. The second-order valence-corrected chi connectivity index (χ2v) is 7.17. The Bertz CT molecular complexity index is 975. The summed E-state index contributed by atoms with van der Waals surface area (Å²) in [5, 5.41) is 5.59. The van der Waals surface area contributed by atoms with Crippen molar-refractivity contribution in [3.05, 3.63) is 65.7 Å². The molecular weight excluding hydrogens is 410 g/mol. The highest BCUT2D eigenvalue weighted by atomic mass is 16.5. The average molecular weight is 437 g/mol. The van der Waals surface area contributed by atoms with Crippen molar-refractivity contribution in [3.8, 4) is 11.5 Å². The maximum Gasteiger partial charge on any atom is 0.255 e. The van der Waals surface area contributed by atoms with E-state index >= 15 is 0 Å². The first kappa shape index (κ1) is 22.9. The minimum absolute atomic E-state index is 0.0731. The van der Waals surface area contributed by atoms with E-state index in [0.29, 0.717) is 36.6 Å². The molecule has 3 rings (SSSR count). The Kier molecular flexibility index (Phi) is 8.25. The Hall–Kier alpha value is -3.81. The van der Waals surface area contributed by atoms with Crippen LogP contribution in [0.15, 0.2) is 54.6 Å². The Labute approximate surface area is 187 Å².